The van der Waals surface area contributed by atoms with Crippen molar-refractivity contribution in [1.82, 2.24) is 14.1 Å². The summed E-state index contributed by atoms with van der Waals surface area (Å²) in [5.74, 6) is 0.0651. The summed E-state index contributed by atoms with van der Waals surface area (Å²) >= 11 is 0. The molecule has 0 saturated carbocycles. The fraction of sp³-hybridized carbons (Fsp3) is 0.393. The molecule has 1 fully saturated rings. The number of nitrogens with zero attached hydrogens (tertiary/aromatic N) is 3. The average Bonchev–Trinajstić information content (AvgIpc) is 2.86. The predicted molar refractivity (Wildman–Crippen MR) is 143 cm³/mol. The maximum Gasteiger partial charge on any atom is 0.253 e. The number of phenols is 1. The second kappa shape index (κ2) is 10.6. The standard InChI is InChI=1S/C28H35N3O4S/c1-20(2)31(21(3)4)19-22-5-7-23(8-6-22)28(33)29-13-15-30(16-14-29)36(34,35)27-12-10-24-17-26(32)11-9-25(24)18-27/h5-12,17-18,20-21,32H,13-16,19H2,1-4H3. The number of hydrogen-bond donors (Lipinski definition) is 1. The highest BCUT2D eigenvalue weighted by molar-refractivity contribution is 7.89. The van der Waals surface area contributed by atoms with E-state index < -0.39 is 10.0 Å². The molecule has 4 rings (SSSR count). The van der Waals surface area contributed by atoms with Crippen LogP contribution in [0.2, 0.25) is 0 Å². The maximum absolute atomic E-state index is 13.2. The largest absolute Gasteiger partial charge is 0.508 e. The number of phenolic OH excluding ortho intramolecular Hbond substituents is 1. The molecule has 1 N–H and O–H groups in total. The van der Waals surface area contributed by atoms with E-state index in [1.807, 2.05) is 24.3 Å². The molecule has 1 heterocycles. The van der Waals surface area contributed by atoms with E-state index in [-0.39, 0.29) is 29.6 Å². The Hall–Kier alpha value is -2.94. The molecule has 0 aliphatic carbocycles. The summed E-state index contributed by atoms with van der Waals surface area (Å²) in [4.78, 5) is 17.4. The molecule has 0 spiro atoms. The Kier molecular flexibility index (Phi) is 7.68. The van der Waals surface area contributed by atoms with Crippen LogP contribution in [-0.4, -0.2) is 71.8 Å². The molecule has 0 aromatic heterocycles. The van der Waals surface area contributed by atoms with Crippen molar-refractivity contribution in [3.63, 3.8) is 0 Å². The van der Waals surface area contributed by atoms with E-state index in [1.165, 1.54) is 4.31 Å². The predicted octanol–water partition coefficient (Wildman–Crippen LogP) is 4.31. The molecule has 3 aromatic rings. The van der Waals surface area contributed by atoms with Gasteiger partial charge in [0, 0.05) is 50.4 Å². The minimum Gasteiger partial charge on any atom is -0.508 e. The Bertz CT molecular complexity index is 1320. The molecule has 0 radical (unpaired) electrons. The summed E-state index contributed by atoms with van der Waals surface area (Å²) in [5.41, 5.74) is 1.78. The van der Waals surface area contributed by atoms with E-state index >= 15 is 0 Å². The van der Waals surface area contributed by atoms with E-state index in [1.54, 1.807) is 41.3 Å². The highest BCUT2D eigenvalue weighted by Crippen LogP contribution is 2.25. The smallest absolute Gasteiger partial charge is 0.253 e. The van der Waals surface area contributed by atoms with Crippen LogP contribution in [0.15, 0.2) is 65.6 Å². The number of carbonyl (C=O) groups excluding carboxylic acids is 1. The molecule has 36 heavy (non-hydrogen) atoms. The van der Waals surface area contributed by atoms with Gasteiger partial charge in [-0.15, -0.1) is 0 Å². The number of hydrogen-bond acceptors (Lipinski definition) is 5. The minimum atomic E-state index is -3.68. The third-order valence-electron chi connectivity index (χ3n) is 6.85. The molecule has 192 valence electrons. The van der Waals surface area contributed by atoms with Gasteiger partial charge in [0.2, 0.25) is 10.0 Å². The first kappa shape index (κ1) is 26.1. The number of piperazine rings is 1. The van der Waals surface area contributed by atoms with Crippen LogP contribution in [0.1, 0.15) is 43.6 Å². The zero-order chi connectivity index (χ0) is 26.0. The van der Waals surface area contributed by atoms with Gasteiger partial charge in [0.05, 0.1) is 4.90 Å². The number of fused-ring (bicyclic) bond motifs is 1. The van der Waals surface area contributed by atoms with E-state index in [9.17, 15) is 18.3 Å². The van der Waals surface area contributed by atoms with Crippen molar-refractivity contribution in [3.8, 4) is 5.75 Å². The number of sulfonamides is 1. The molecular weight excluding hydrogens is 474 g/mol. The van der Waals surface area contributed by atoms with Gasteiger partial charge in [-0.25, -0.2) is 8.42 Å². The Morgan fingerprint density at radius 1 is 0.861 bits per heavy atom. The molecule has 1 saturated heterocycles. The van der Waals surface area contributed by atoms with Crippen LogP contribution in [-0.2, 0) is 16.6 Å². The quantitative estimate of drug-likeness (QED) is 0.513. The fourth-order valence-corrected chi connectivity index (χ4v) is 6.22. The van der Waals surface area contributed by atoms with Crippen LogP contribution in [0.4, 0.5) is 0 Å². The molecule has 0 unspecified atom stereocenters. The van der Waals surface area contributed by atoms with Crippen LogP contribution in [0.5, 0.6) is 5.75 Å². The van der Waals surface area contributed by atoms with Crippen molar-refractivity contribution in [2.75, 3.05) is 26.2 Å². The topological polar surface area (TPSA) is 81.2 Å². The Balaban J connectivity index is 1.39. The fourth-order valence-electron chi connectivity index (χ4n) is 4.76. The summed E-state index contributed by atoms with van der Waals surface area (Å²) in [5, 5.41) is 11.2. The molecular formula is C28H35N3O4S. The zero-order valence-corrected chi connectivity index (χ0v) is 22.2. The monoisotopic (exact) mass is 509 g/mol. The minimum absolute atomic E-state index is 0.0753. The van der Waals surface area contributed by atoms with Gasteiger partial charge in [-0.05, 0) is 80.4 Å². The normalized spacial score (nSPS) is 15.4. The van der Waals surface area contributed by atoms with Crippen LogP contribution in [0.3, 0.4) is 0 Å². The zero-order valence-electron chi connectivity index (χ0n) is 21.4. The van der Waals surface area contributed by atoms with Gasteiger partial charge >= 0.3 is 0 Å². The first-order chi connectivity index (χ1) is 17.1. The number of aromatic hydroxyl groups is 1. The first-order valence-corrected chi connectivity index (χ1v) is 13.9. The van der Waals surface area contributed by atoms with Gasteiger partial charge in [-0.3, -0.25) is 9.69 Å². The third-order valence-corrected chi connectivity index (χ3v) is 8.75. The van der Waals surface area contributed by atoms with Crippen LogP contribution in [0, 0.1) is 0 Å². The Morgan fingerprint density at radius 3 is 2.06 bits per heavy atom. The highest BCUT2D eigenvalue weighted by Gasteiger charge is 2.30. The molecule has 3 aromatic carbocycles. The third kappa shape index (κ3) is 5.56. The van der Waals surface area contributed by atoms with Gasteiger partial charge in [0.25, 0.3) is 5.91 Å². The van der Waals surface area contributed by atoms with Crippen molar-refractivity contribution in [2.24, 2.45) is 0 Å². The number of rotatable bonds is 7. The van der Waals surface area contributed by atoms with Crippen molar-refractivity contribution >= 4 is 26.7 Å². The summed E-state index contributed by atoms with van der Waals surface area (Å²) in [6.07, 6.45) is 0. The first-order valence-electron chi connectivity index (χ1n) is 12.4. The lowest BCUT2D eigenvalue weighted by Crippen LogP contribution is -2.50. The van der Waals surface area contributed by atoms with Gasteiger partial charge in [0.15, 0.2) is 0 Å². The molecule has 1 aliphatic heterocycles. The SMILES string of the molecule is CC(C)N(Cc1ccc(C(=O)N2CCN(S(=O)(=O)c3ccc4cc(O)ccc4c3)CC2)cc1)C(C)C. The Morgan fingerprint density at radius 2 is 1.44 bits per heavy atom. The number of amides is 1. The maximum atomic E-state index is 13.2. The Labute approximate surface area is 214 Å². The lowest BCUT2D eigenvalue weighted by atomic mass is 10.1. The lowest BCUT2D eigenvalue weighted by molar-refractivity contribution is 0.0698. The number of benzene rings is 3. The van der Waals surface area contributed by atoms with Crippen molar-refractivity contribution < 1.29 is 18.3 Å². The highest BCUT2D eigenvalue weighted by atomic mass is 32.2. The van der Waals surface area contributed by atoms with Crippen LogP contribution in [0.25, 0.3) is 10.8 Å². The van der Waals surface area contributed by atoms with Gasteiger partial charge in [-0.1, -0.05) is 24.3 Å². The number of carbonyl (C=O) groups is 1. The molecule has 0 atom stereocenters. The second-order valence-corrected chi connectivity index (χ2v) is 11.9. The summed E-state index contributed by atoms with van der Waals surface area (Å²) in [6.45, 7) is 10.7. The van der Waals surface area contributed by atoms with E-state index in [0.717, 1.165) is 22.9 Å². The summed E-state index contributed by atoms with van der Waals surface area (Å²) in [6, 6.07) is 18.4. The molecule has 0 bridgehead atoms. The second-order valence-electron chi connectivity index (χ2n) is 9.95. The van der Waals surface area contributed by atoms with Gasteiger partial charge in [0.1, 0.15) is 5.75 Å². The van der Waals surface area contributed by atoms with E-state index in [0.29, 0.717) is 30.7 Å². The lowest BCUT2D eigenvalue weighted by Gasteiger charge is -2.34. The van der Waals surface area contributed by atoms with Gasteiger partial charge < -0.3 is 10.0 Å². The summed E-state index contributed by atoms with van der Waals surface area (Å²) < 4.78 is 27.9. The molecule has 8 heteroatoms. The van der Waals surface area contributed by atoms with Crippen molar-refractivity contribution in [1.29, 1.82) is 0 Å². The molecule has 7 nitrogen and oxygen atoms in total. The summed E-state index contributed by atoms with van der Waals surface area (Å²) in [7, 11) is -3.68. The van der Waals surface area contributed by atoms with E-state index in [4.69, 9.17) is 0 Å². The van der Waals surface area contributed by atoms with Gasteiger partial charge in [-0.2, -0.15) is 4.31 Å². The van der Waals surface area contributed by atoms with Crippen LogP contribution < -0.4 is 0 Å². The van der Waals surface area contributed by atoms with Crippen LogP contribution >= 0.6 is 0 Å². The van der Waals surface area contributed by atoms with Crippen molar-refractivity contribution in [2.45, 2.75) is 51.2 Å². The average molecular weight is 510 g/mol. The van der Waals surface area contributed by atoms with Crippen molar-refractivity contribution in [3.05, 3.63) is 71.8 Å². The molecule has 1 aliphatic rings. The molecule has 1 amide bonds. The van der Waals surface area contributed by atoms with E-state index in [2.05, 4.69) is 32.6 Å².